The Morgan fingerprint density at radius 1 is 0.714 bits per heavy atom. The largest absolute Gasteiger partial charge is 0.302 e. The number of benzene rings is 3. The highest BCUT2D eigenvalue weighted by atomic mass is 31.2. The maximum atomic E-state index is 2.48. The highest BCUT2D eigenvalue weighted by molar-refractivity contribution is 7.95. The van der Waals surface area contributed by atoms with Crippen molar-refractivity contribution < 1.29 is 0 Å². The molecule has 0 radical (unpaired) electrons. The summed E-state index contributed by atoms with van der Waals surface area (Å²) in [6.45, 7) is 6.92. The summed E-state index contributed by atoms with van der Waals surface area (Å²) in [6.07, 6.45) is 3.86. The lowest BCUT2D eigenvalue weighted by molar-refractivity contribution is 0.319. The van der Waals surface area contributed by atoms with E-state index in [9.17, 15) is 0 Å². The van der Waals surface area contributed by atoms with Crippen LogP contribution in [0.5, 0.6) is 0 Å². The molecule has 3 aromatic carbocycles. The summed E-state index contributed by atoms with van der Waals surface area (Å²) in [7, 11) is 0.579. The van der Waals surface area contributed by atoms with E-state index in [2.05, 4.69) is 110 Å². The molecule has 0 aliphatic heterocycles. The zero-order chi connectivity index (χ0) is 19.8. The second-order valence-corrected chi connectivity index (χ2v) is 11.3. The van der Waals surface area contributed by atoms with Gasteiger partial charge in [-0.2, -0.15) is 0 Å². The molecule has 0 amide bonds. The van der Waals surface area contributed by atoms with E-state index < -0.39 is 7.26 Å². The SMILES string of the molecule is CCCCCN(C)Cc1ccccc1[P+](C)(c1ccccc1)c1ccccc1. The van der Waals surface area contributed by atoms with E-state index in [1.165, 1.54) is 40.7 Å². The number of hydrogen-bond acceptors (Lipinski definition) is 1. The zero-order valence-electron chi connectivity index (χ0n) is 17.5. The monoisotopic (exact) mass is 390 g/mol. The van der Waals surface area contributed by atoms with Crippen molar-refractivity contribution in [2.24, 2.45) is 0 Å². The average Bonchev–Trinajstić information content (AvgIpc) is 2.75. The lowest BCUT2D eigenvalue weighted by atomic mass is 10.2. The molecule has 0 aliphatic carbocycles. The smallest absolute Gasteiger partial charge is 0.109 e. The molecule has 0 bridgehead atoms. The summed E-state index contributed by atoms with van der Waals surface area (Å²) in [5, 5.41) is 4.40. The Morgan fingerprint density at radius 3 is 1.82 bits per heavy atom. The lowest BCUT2D eigenvalue weighted by Gasteiger charge is -2.27. The molecule has 0 saturated carbocycles. The van der Waals surface area contributed by atoms with Crippen LogP contribution in [0.25, 0.3) is 0 Å². The van der Waals surface area contributed by atoms with E-state index in [0.29, 0.717) is 0 Å². The summed E-state index contributed by atoms with van der Waals surface area (Å²) >= 11 is 0. The van der Waals surface area contributed by atoms with Gasteiger partial charge in [-0.15, -0.1) is 0 Å². The van der Waals surface area contributed by atoms with Gasteiger partial charge in [0.2, 0.25) is 0 Å². The van der Waals surface area contributed by atoms with E-state index in [1.807, 2.05) is 0 Å². The van der Waals surface area contributed by atoms with E-state index in [-0.39, 0.29) is 0 Å². The van der Waals surface area contributed by atoms with Crippen LogP contribution in [0.15, 0.2) is 84.9 Å². The van der Waals surface area contributed by atoms with Crippen molar-refractivity contribution in [2.75, 3.05) is 20.3 Å². The van der Waals surface area contributed by atoms with Crippen LogP contribution < -0.4 is 15.9 Å². The summed E-state index contributed by atoms with van der Waals surface area (Å²) < 4.78 is 0. The molecule has 0 aromatic heterocycles. The molecule has 0 atom stereocenters. The standard InChI is InChI=1S/C26H33NP/c1-4-5-14-21-27(2)22-23-15-12-13-20-26(23)28(3,24-16-8-6-9-17-24)25-18-10-7-11-19-25/h6-13,15-20H,4-5,14,21-22H2,1-3H3/q+1. The van der Waals surface area contributed by atoms with Crippen LogP contribution in [0, 0.1) is 0 Å². The van der Waals surface area contributed by atoms with Crippen molar-refractivity contribution in [2.45, 2.75) is 32.7 Å². The first-order valence-corrected chi connectivity index (χ1v) is 12.6. The molecule has 0 N–H and O–H groups in total. The maximum absolute atomic E-state index is 2.48. The molecule has 0 saturated heterocycles. The number of unbranched alkanes of at least 4 members (excludes halogenated alkanes) is 2. The lowest BCUT2D eigenvalue weighted by Crippen LogP contribution is -2.34. The zero-order valence-corrected chi connectivity index (χ0v) is 18.4. The highest BCUT2D eigenvalue weighted by Crippen LogP contribution is 2.52. The molecule has 0 aliphatic rings. The van der Waals surface area contributed by atoms with Crippen LogP contribution in [-0.4, -0.2) is 25.2 Å². The van der Waals surface area contributed by atoms with Crippen molar-refractivity contribution in [3.05, 3.63) is 90.5 Å². The number of nitrogens with zero attached hydrogens (tertiary/aromatic N) is 1. The van der Waals surface area contributed by atoms with Crippen molar-refractivity contribution in [1.29, 1.82) is 0 Å². The third-order valence-corrected chi connectivity index (χ3v) is 9.66. The van der Waals surface area contributed by atoms with Crippen LogP contribution in [0.3, 0.4) is 0 Å². The molecule has 146 valence electrons. The van der Waals surface area contributed by atoms with Gasteiger partial charge in [0, 0.05) is 12.1 Å². The van der Waals surface area contributed by atoms with Gasteiger partial charge < -0.3 is 4.90 Å². The van der Waals surface area contributed by atoms with Gasteiger partial charge in [0.15, 0.2) is 0 Å². The number of hydrogen-bond donors (Lipinski definition) is 0. The van der Waals surface area contributed by atoms with E-state index in [0.717, 1.165) is 13.1 Å². The minimum atomic E-state index is -1.68. The second-order valence-electron chi connectivity index (χ2n) is 7.75. The Kier molecular flexibility index (Phi) is 7.43. The molecular formula is C26H33NP+. The first-order chi connectivity index (χ1) is 13.7. The predicted octanol–water partition coefficient (Wildman–Crippen LogP) is 5.23. The minimum Gasteiger partial charge on any atom is -0.302 e. The van der Waals surface area contributed by atoms with E-state index in [4.69, 9.17) is 0 Å². The van der Waals surface area contributed by atoms with Gasteiger partial charge in [-0.3, -0.25) is 0 Å². The van der Waals surface area contributed by atoms with E-state index in [1.54, 1.807) is 0 Å². The number of rotatable bonds is 9. The van der Waals surface area contributed by atoms with Crippen LogP contribution in [0.4, 0.5) is 0 Å². The van der Waals surface area contributed by atoms with Crippen molar-refractivity contribution >= 4 is 23.2 Å². The molecule has 0 heterocycles. The van der Waals surface area contributed by atoms with Gasteiger partial charge in [-0.1, -0.05) is 74.4 Å². The molecule has 0 fully saturated rings. The van der Waals surface area contributed by atoms with Gasteiger partial charge in [0.25, 0.3) is 0 Å². The Labute approximate surface area is 171 Å². The molecule has 3 rings (SSSR count). The van der Waals surface area contributed by atoms with Gasteiger partial charge >= 0.3 is 0 Å². The summed E-state index contributed by atoms with van der Waals surface area (Å²) in [5.41, 5.74) is 1.46. The Hall–Kier alpha value is -1.95. The molecule has 28 heavy (non-hydrogen) atoms. The fourth-order valence-electron chi connectivity index (χ4n) is 3.96. The van der Waals surface area contributed by atoms with Gasteiger partial charge in [0.1, 0.15) is 23.2 Å². The van der Waals surface area contributed by atoms with Crippen LogP contribution >= 0.6 is 7.26 Å². The predicted molar refractivity (Wildman–Crippen MR) is 127 cm³/mol. The Balaban J connectivity index is 2.03. The summed E-state index contributed by atoms with van der Waals surface area (Å²) in [4.78, 5) is 2.48. The normalized spacial score (nSPS) is 11.7. The van der Waals surface area contributed by atoms with Gasteiger partial charge in [-0.05, 0) is 50.3 Å². The summed E-state index contributed by atoms with van der Waals surface area (Å²) in [5.74, 6) is 0. The van der Waals surface area contributed by atoms with Crippen LogP contribution in [0.1, 0.15) is 31.7 Å². The van der Waals surface area contributed by atoms with Crippen molar-refractivity contribution in [3.63, 3.8) is 0 Å². The van der Waals surface area contributed by atoms with Crippen molar-refractivity contribution in [3.8, 4) is 0 Å². The molecule has 3 aromatic rings. The van der Waals surface area contributed by atoms with E-state index >= 15 is 0 Å². The maximum Gasteiger partial charge on any atom is 0.109 e. The molecular weight excluding hydrogens is 357 g/mol. The third-order valence-electron chi connectivity index (χ3n) is 5.60. The Bertz CT molecular complexity index is 805. The second kappa shape index (κ2) is 10.0. The van der Waals surface area contributed by atoms with Crippen LogP contribution in [0.2, 0.25) is 0 Å². The summed E-state index contributed by atoms with van der Waals surface area (Å²) in [6, 6.07) is 31.3. The first kappa shape index (κ1) is 20.8. The molecule has 0 unspecified atom stereocenters. The van der Waals surface area contributed by atoms with Gasteiger partial charge in [-0.25, -0.2) is 0 Å². The molecule has 1 nitrogen and oxygen atoms in total. The van der Waals surface area contributed by atoms with Crippen molar-refractivity contribution in [1.82, 2.24) is 4.90 Å². The van der Waals surface area contributed by atoms with Gasteiger partial charge in [0.05, 0.1) is 6.66 Å². The molecule has 0 spiro atoms. The average molecular weight is 391 g/mol. The quantitative estimate of drug-likeness (QED) is 0.357. The fraction of sp³-hybridized carbons (Fsp3) is 0.308. The third kappa shape index (κ3) is 4.72. The minimum absolute atomic E-state index is 1.01. The Morgan fingerprint density at radius 2 is 1.25 bits per heavy atom. The molecule has 2 heteroatoms. The topological polar surface area (TPSA) is 3.24 Å². The van der Waals surface area contributed by atoms with Crippen LogP contribution in [-0.2, 0) is 6.54 Å². The highest BCUT2D eigenvalue weighted by Gasteiger charge is 2.41. The fourth-order valence-corrected chi connectivity index (χ4v) is 7.46. The first-order valence-electron chi connectivity index (χ1n) is 10.4.